The molecule has 3 rings (SSSR count). The molecule has 0 fully saturated rings. The van der Waals surface area contributed by atoms with Gasteiger partial charge in [0.05, 0.1) is 11.4 Å². The summed E-state index contributed by atoms with van der Waals surface area (Å²) in [5.41, 5.74) is 1.73. The van der Waals surface area contributed by atoms with Gasteiger partial charge in [-0.25, -0.2) is 13.8 Å². The number of hydrogen-bond donors (Lipinski definition) is 2. The van der Waals surface area contributed by atoms with Crippen molar-refractivity contribution in [1.29, 1.82) is 0 Å². The second-order valence-corrected chi connectivity index (χ2v) is 5.40. The summed E-state index contributed by atoms with van der Waals surface area (Å²) in [6, 6.07) is 4.89. The van der Waals surface area contributed by atoms with E-state index in [1.54, 1.807) is 0 Å². The Kier molecular flexibility index (Phi) is 3.68. The van der Waals surface area contributed by atoms with Gasteiger partial charge < -0.3 is 0 Å². The van der Waals surface area contributed by atoms with Crippen molar-refractivity contribution in [2.45, 2.75) is 6.92 Å². The summed E-state index contributed by atoms with van der Waals surface area (Å²) in [6.45, 7) is 1.82. The van der Waals surface area contributed by atoms with Crippen molar-refractivity contribution in [3.8, 4) is 11.3 Å². The van der Waals surface area contributed by atoms with Gasteiger partial charge in [-0.15, -0.1) is 11.3 Å². The number of hydrogen-bond acceptors (Lipinski definition) is 4. The minimum atomic E-state index is -0.968. The zero-order valence-electron chi connectivity index (χ0n) is 11.4. The topological polar surface area (TPSA) is 70.7 Å². The molecule has 2 heterocycles. The molecule has 112 valence electrons. The molecule has 2 aromatic heterocycles. The quantitative estimate of drug-likeness (QED) is 0.777. The van der Waals surface area contributed by atoms with Crippen LogP contribution in [0.15, 0.2) is 29.6 Å². The Morgan fingerprint density at radius 2 is 2.09 bits per heavy atom. The number of rotatable bonds is 3. The zero-order valence-corrected chi connectivity index (χ0v) is 12.2. The number of aryl methyl sites for hydroxylation is 1. The van der Waals surface area contributed by atoms with Gasteiger partial charge in [-0.1, -0.05) is 0 Å². The molecule has 0 radical (unpaired) electrons. The van der Waals surface area contributed by atoms with Crippen molar-refractivity contribution in [1.82, 2.24) is 15.2 Å². The number of H-pyrrole nitrogens is 1. The van der Waals surface area contributed by atoms with E-state index in [-0.39, 0.29) is 5.69 Å². The second-order valence-electron chi connectivity index (χ2n) is 4.54. The number of anilines is 1. The third kappa shape index (κ3) is 2.86. The number of benzene rings is 1. The Balaban J connectivity index is 1.80. The van der Waals surface area contributed by atoms with Gasteiger partial charge in [0, 0.05) is 10.9 Å². The maximum Gasteiger partial charge on any atom is 0.275 e. The number of carbonyl (C=O) groups excluding carboxylic acids is 1. The lowest BCUT2D eigenvalue weighted by atomic mass is 10.1. The minimum Gasteiger partial charge on any atom is -0.297 e. The fourth-order valence-corrected chi connectivity index (χ4v) is 2.50. The molecule has 8 heteroatoms. The number of aromatic nitrogens is 3. The van der Waals surface area contributed by atoms with Crippen LogP contribution in [0.2, 0.25) is 0 Å². The Morgan fingerprint density at radius 3 is 2.77 bits per heavy atom. The second kappa shape index (κ2) is 5.64. The van der Waals surface area contributed by atoms with Crippen LogP contribution < -0.4 is 5.32 Å². The third-order valence-electron chi connectivity index (χ3n) is 2.88. The molecule has 0 bridgehead atoms. The van der Waals surface area contributed by atoms with Gasteiger partial charge in [0.25, 0.3) is 5.91 Å². The number of carbonyl (C=O) groups is 1. The van der Waals surface area contributed by atoms with E-state index in [0.29, 0.717) is 16.4 Å². The molecule has 1 amide bonds. The lowest BCUT2D eigenvalue weighted by Crippen LogP contribution is -2.12. The Bertz CT molecular complexity index is 843. The molecule has 1 aromatic carbocycles. The van der Waals surface area contributed by atoms with E-state index in [1.807, 2.05) is 12.3 Å². The predicted molar refractivity (Wildman–Crippen MR) is 78.7 cm³/mol. The van der Waals surface area contributed by atoms with Crippen LogP contribution in [0.5, 0.6) is 0 Å². The smallest absolute Gasteiger partial charge is 0.275 e. The molecule has 0 spiro atoms. The number of amides is 1. The highest BCUT2D eigenvalue weighted by Crippen LogP contribution is 2.21. The average molecular weight is 320 g/mol. The molecular weight excluding hydrogens is 310 g/mol. The Hall–Kier alpha value is -2.61. The first kappa shape index (κ1) is 14.3. The van der Waals surface area contributed by atoms with Crippen LogP contribution in [0, 0.1) is 18.6 Å². The summed E-state index contributed by atoms with van der Waals surface area (Å²) in [6.07, 6.45) is 0. The lowest BCUT2D eigenvalue weighted by molar-refractivity contribution is 0.102. The zero-order chi connectivity index (χ0) is 15.7. The van der Waals surface area contributed by atoms with E-state index < -0.39 is 17.5 Å². The van der Waals surface area contributed by atoms with Crippen molar-refractivity contribution in [3.05, 3.63) is 52.7 Å². The van der Waals surface area contributed by atoms with Crippen LogP contribution in [-0.4, -0.2) is 21.1 Å². The standard InChI is InChI=1S/C14H10F2N4OS/c1-7-6-22-14(17-7)18-13(21)12-5-11(19-20-12)8-2-3-9(15)10(16)4-8/h2-6H,1H3,(H,19,20)(H,17,18,21). The summed E-state index contributed by atoms with van der Waals surface area (Å²) in [5, 5.41) is 11.4. The van der Waals surface area contributed by atoms with Gasteiger partial charge in [-0.2, -0.15) is 5.10 Å². The third-order valence-corrected chi connectivity index (χ3v) is 3.75. The highest BCUT2D eigenvalue weighted by Gasteiger charge is 2.13. The van der Waals surface area contributed by atoms with Gasteiger partial charge >= 0.3 is 0 Å². The summed E-state index contributed by atoms with van der Waals surface area (Å²) in [7, 11) is 0. The van der Waals surface area contributed by atoms with Gasteiger partial charge in [-0.05, 0) is 31.2 Å². The molecule has 0 saturated heterocycles. The van der Waals surface area contributed by atoms with Crippen LogP contribution in [0.4, 0.5) is 13.9 Å². The largest absolute Gasteiger partial charge is 0.297 e. The highest BCUT2D eigenvalue weighted by atomic mass is 32.1. The number of thiazole rings is 1. The molecule has 0 aliphatic carbocycles. The molecule has 0 atom stereocenters. The monoisotopic (exact) mass is 320 g/mol. The van der Waals surface area contributed by atoms with Gasteiger partial charge in [0.1, 0.15) is 5.69 Å². The lowest BCUT2D eigenvalue weighted by Gasteiger charge is -1.98. The normalized spacial score (nSPS) is 10.7. The average Bonchev–Trinajstić information content (AvgIpc) is 3.11. The van der Waals surface area contributed by atoms with Gasteiger partial charge in [-0.3, -0.25) is 15.2 Å². The highest BCUT2D eigenvalue weighted by molar-refractivity contribution is 7.13. The van der Waals surface area contributed by atoms with Gasteiger partial charge in [0.2, 0.25) is 0 Å². The first-order valence-electron chi connectivity index (χ1n) is 6.27. The molecule has 0 saturated carbocycles. The molecule has 2 N–H and O–H groups in total. The summed E-state index contributed by atoms with van der Waals surface area (Å²) < 4.78 is 26.1. The molecule has 22 heavy (non-hydrogen) atoms. The number of aromatic amines is 1. The summed E-state index contributed by atoms with van der Waals surface area (Å²) >= 11 is 1.31. The van der Waals surface area contributed by atoms with E-state index in [2.05, 4.69) is 20.5 Å². The van der Waals surface area contributed by atoms with E-state index in [9.17, 15) is 13.6 Å². The molecule has 5 nitrogen and oxygen atoms in total. The maximum atomic E-state index is 13.2. The Labute approximate surface area is 128 Å². The van der Waals surface area contributed by atoms with Crippen molar-refractivity contribution >= 4 is 22.4 Å². The van der Waals surface area contributed by atoms with E-state index >= 15 is 0 Å². The first-order chi connectivity index (χ1) is 10.5. The molecular formula is C14H10F2N4OS. The predicted octanol–water partition coefficient (Wildman–Crippen LogP) is 3.37. The maximum absolute atomic E-state index is 13.2. The summed E-state index contributed by atoms with van der Waals surface area (Å²) in [4.78, 5) is 16.2. The minimum absolute atomic E-state index is 0.201. The molecule has 0 aliphatic heterocycles. The first-order valence-corrected chi connectivity index (χ1v) is 7.15. The number of nitrogens with one attached hydrogen (secondary N) is 2. The van der Waals surface area contributed by atoms with Crippen molar-refractivity contribution in [2.75, 3.05) is 5.32 Å². The van der Waals surface area contributed by atoms with Gasteiger partial charge in [0.15, 0.2) is 16.8 Å². The van der Waals surface area contributed by atoms with E-state index in [4.69, 9.17) is 0 Å². The number of nitrogens with zero attached hydrogens (tertiary/aromatic N) is 2. The van der Waals surface area contributed by atoms with Crippen LogP contribution in [0.25, 0.3) is 11.3 Å². The fraction of sp³-hybridized carbons (Fsp3) is 0.0714. The van der Waals surface area contributed by atoms with Crippen LogP contribution in [-0.2, 0) is 0 Å². The molecule has 0 aliphatic rings. The van der Waals surface area contributed by atoms with Crippen LogP contribution in [0.3, 0.4) is 0 Å². The SMILES string of the molecule is Cc1csc(NC(=O)c2cc(-c3ccc(F)c(F)c3)n[nH]2)n1. The van der Waals surface area contributed by atoms with Crippen molar-refractivity contribution < 1.29 is 13.6 Å². The molecule has 0 unspecified atom stereocenters. The number of halogens is 2. The van der Waals surface area contributed by atoms with E-state index in [0.717, 1.165) is 17.8 Å². The van der Waals surface area contributed by atoms with E-state index in [1.165, 1.54) is 23.5 Å². The van der Waals surface area contributed by atoms with Crippen LogP contribution in [0.1, 0.15) is 16.2 Å². The van der Waals surface area contributed by atoms with Crippen molar-refractivity contribution in [2.24, 2.45) is 0 Å². The van der Waals surface area contributed by atoms with Crippen LogP contribution >= 0.6 is 11.3 Å². The molecule has 3 aromatic rings. The van der Waals surface area contributed by atoms with Crippen molar-refractivity contribution in [3.63, 3.8) is 0 Å². The Morgan fingerprint density at radius 1 is 1.27 bits per heavy atom. The fourth-order valence-electron chi connectivity index (χ4n) is 1.82. The summed E-state index contributed by atoms with van der Waals surface area (Å²) in [5.74, 6) is -2.31.